The fourth-order valence-electron chi connectivity index (χ4n) is 2.26. The average molecular weight is 293 g/mol. The monoisotopic (exact) mass is 293 g/mol. The number of para-hydroxylation sites is 2. The molecule has 0 radical (unpaired) electrons. The number of urea groups is 1. The molecule has 21 heavy (non-hydrogen) atoms. The second-order valence-corrected chi connectivity index (χ2v) is 5.09. The first kappa shape index (κ1) is 15.1. The maximum absolute atomic E-state index is 11.9. The fraction of sp³-hybridized carbons (Fsp3) is 0.429. The van der Waals surface area contributed by atoms with E-state index in [2.05, 4.69) is 10.6 Å². The number of nitrogens with one attached hydrogen (secondary N) is 2. The lowest BCUT2D eigenvalue weighted by atomic mass is 9.80. The molecule has 0 aliphatic carbocycles. The van der Waals surface area contributed by atoms with E-state index in [1.54, 1.807) is 24.3 Å². The molecular weight excluding hydrogens is 274 g/mol. The summed E-state index contributed by atoms with van der Waals surface area (Å²) in [5.41, 5.74) is 5.71. The van der Waals surface area contributed by atoms with E-state index in [-0.39, 0.29) is 6.54 Å². The molecule has 1 heterocycles. The van der Waals surface area contributed by atoms with Crippen LogP contribution in [0.5, 0.6) is 0 Å². The van der Waals surface area contributed by atoms with E-state index in [0.717, 1.165) is 0 Å². The first-order valence-electron chi connectivity index (χ1n) is 6.74. The van der Waals surface area contributed by atoms with Crippen molar-refractivity contribution in [3.8, 4) is 0 Å². The van der Waals surface area contributed by atoms with Crippen molar-refractivity contribution in [3.63, 3.8) is 0 Å². The standard InChI is InChI=1S/C14H19N3O4/c15-10-3-1-2-4-11(10)17-13(20)16-9-14(12(18)19)5-7-21-8-6-14/h1-4H,5-9,15H2,(H,18,19)(H2,16,17,20). The molecule has 1 aromatic rings. The van der Waals surface area contributed by atoms with Crippen LogP contribution in [0.25, 0.3) is 0 Å². The number of nitrogens with two attached hydrogens (primary N) is 1. The van der Waals surface area contributed by atoms with Gasteiger partial charge in [0.1, 0.15) is 0 Å². The molecule has 7 heteroatoms. The van der Waals surface area contributed by atoms with E-state index in [0.29, 0.717) is 37.4 Å². The molecule has 0 saturated carbocycles. The predicted octanol–water partition coefficient (Wildman–Crippen LogP) is 1.27. The molecule has 1 aliphatic heterocycles. The highest BCUT2D eigenvalue weighted by Gasteiger charge is 2.40. The van der Waals surface area contributed by atoms with Crippen molar-refractivity contribution < 1.29 is 19.4 Å². The summed E-state index contributed by atoms with van der Waals surface area (Å²) >= 11 is 0. The highest BCUT2D eigenvalue weighted by Crippen LogP contribution is 2.30. The summed E-state index contributed by atoms with van der Waals surface area (Å²) in [6.07, 6.45) is 0.770. The van der Waals surface area contributed by atoms with Crippen molar-refractivity contribution >= 4 is 23.4 Å². The molecule has 114 valence electrons. The number of benzene rings is 1. The van der Waals surface area contributed by atoms with Gasteiger partial charge in [0.15, 0.2) is 0 Å². The van der Waals surface area contributed by atoms with Crippen LogP contribution in [-0.2, 0) is 9.53 Å². The molecular formula is C14H19N3O4. The van der Waals surface area contributed by atoms with Crippen LogP contribution in [0, 0.1) is 5.41 Å². The van der Waals surface area contributed by atoms with Gasteiger partial charge in [-0.25, -0.2) is 4.79 Å². The van der Waals surface area contributed by atoms with E-state index < -0.39 is 17.4 Å². The third kappa shape index (κ3) is 3.63. The summed E-state index contributed by atoms with van der Waals surface area (Å²) in [7, 11) is 0. The number of carbonyl (C=O) groups excluding carboxylic acids is 1. The molecule has 0 atom stereocenters. The number of carbonyl (C=O) groups is 2. The fourth-order valence-corrected chi connectivity index (χ4v) is 2.26. The zero-order valence-electron chi connectivity index (χ0n) is 11.6. The summed E-state index contributed by atoms with van der Waals surface area (Å²) in [5, 5.41) is 14.6. The molecule has 2 amide bonds. The molecule has 0 spiro atoms. The van der Waals surface area contributed by atoms with E-state index >= 15 is 0 Å². The lowest BCUT2D eigenvalue weighted by Gasteiger charge is -2.33. The number of rotatable bonds is 4. The van der Waals surface area contributed by atoms with E-state index in [4.69, 9.17) is 10.5 Å². The maximum atomic E-state index is 11.9. The number of nitrogen functional groups attached to an aromatic ring is 1. The Morgan fingerprint density at radius 2 is 1.95 bits per heavy atom. The Hall–Kier alpha value is -2.28. The van der Waals surface area contributed by atoms with Crippen LogP contribution in [0.4, 0.5) is 16.2 Å². The minimum absolute atomic E-state index is 0.0598. The topological polar surface area (TPSA) is 114 Å². The molecule has 5 N–H and O–H groups in total. The van der Waals surface area contributed by atoms with E-state index in [9.17, 15) is 14.7 Å². The van der Waals surface area contributed by atoms with Crippen molar-refractivity contribution in [2.24, 2.45) is 5.41 Å². The average Bonchev–Trinajstić information content (AvgIpc) is 2.48. The third-order valence-corrected chi connectivity index (χ3v) is 3.70. The zero-order valence-corrected chi connectivity index (χ0v) is 11.6. The Labute approximate surface area is 122 Å². The van der Waals surface area contributed by atoms with Crippen LogP contribution in [0.2, 0.25) is 0 Å². The number of carboxylic acids is 1. The summed E-state index contributed by atoms with van der Waals surface area (Å²) in [5.74, 6) is -0.912. The smallest absolute Gasteiger partial charge is 0.319 e. The second-order valence-electron chi connectivity index (χ2n) is 5.09. The predicted molar refractivity (Wildman–Crippen MR) is 78.0 cm³/mol. The normalized spacial score (nSPS) is 17.0. The minimum atomic E-state index is -0.960. The number of hydrogen-bond acceptors (Lipinski definition) is 4. The number of anilines is 2. The quantitative estimate of drug-likeness (QED) is 0.624. The largest absolute Gasteiger partial charge is 0.481 e. The van der Waals surface area contributed by atoms with E-state index in [1.165, 1.54) is 0 Å². The number of hydrogen-bond donors (Lipinski definition) is 4. The van der Waals surface area contributed by atoms with Crippen LogP contribution in [-0.4, -0.2) is 36.9 Å². The van der Waals surface area contributed by atoms with Gasteiger partial charge in [-0.05, 0) is 25.0 Å². The molecule has 1 fully saturated rings. The molecule has 0 unspecified atom stereocenters. The van der Waals surface area contributed by atoms with Crippen molar-refractivity contribution in [1.82, 2.24) is 5.32 Å². The number of amides is 2. The maximum Gasteiger partial charge on any atom is 0.319 e. The first-order valence-corrected chi connectivity index (χ1v) is 6.74. The van der Waals surface area contributed by atoms with Crippen molar-refractivity contribution in [2.75, 3.05) is 30.8 Å². The molecule has 1 aromatic carbocycles. The SMILES string of the molecule is Nc1ccccc1NC(=O)NCC1(C(=O)O)CCOCC1. The van der Waals surface area contributed by atoms with Gasteiger partial charge in [0.2, 0.25) is 0 Å². The minimum Gasteiger partial charge on any atom is -0.481 e. The molecule has 1 aliphatic rings. The van der Waals surface area contributed by atoms with Gasteiger partial charge in [-0.3, -0.25) is 4.79 Å². The molecule has 7 nitrogen and oxygen atoms in total. The van der Waals surface area contributed by atoms with Gasteiger partial charge in [0.25, 0.3) is 0 Å². The van der Waals surface area contributed by atoms with Gasteiger partial charge >= 0.3 is 12.0 Å². The van der Waals surface area contributed by atoms with Gasteiger partial charge < -0.3 is 26.2 Å². The molecule has 0 bridgehead atoms. The summed E-state index contributed by atoms with van der Waals surface area (Å²) < 4.78 is 5.18. The second kappa shape index (κ2) is 6.45. The Balaban J connectivity index is 1.93. The number of aliphatic carboxylic acids is 1. The van der Waals surface area contributed by atoms with Crippen molar-refractivity contribution in [3.05, 3.63) is 24.3 Å². The zero-order chi connectivity index (χ0) is 15.3. The Bertz CT molecular complexity index is 527. The van der Waals surface area contributed by atoms with Crippen LogP contribution in [0.1, 0.15) is 12.8 Å². The lowest BCUT2D eigenvalue weighted by Crippen LogP contribution is -2.47. The molecule has 2 rings (SSSR count). The highest BCUT2D eigenvalue weighted by atomic mass is 16.5. The highest BCUT2D eigenvalue weighted by molar-refractivity contribution is 5.92. The van der Waals surface area contributed by atoms with Gasteiger partial charge in [-0.15, -0.1) is 0 Å². The Morgan fingerprint density at radius 3 is 2.57 bits per heavy atom. The van der Waals surface area contributed by atoms with Gasteiger partial charge in [-0.1, -0.05) is 12.1 Å². The molecule has 0 aromatic heterocycles. The summed E-state index contributed by atoms with van der Waals surface area (Å²) in [6, 6.07) is 6.40. The Morgan fingerprint density at radius 1 is 1.29 bits per heavy atom. The summed E-state index contributed by atoms with van der Waals surface area (Å²) in [4.78, 5) is 23.3. The van der Waals surface area contributed by atoms with Crippen LogP contribution in [0.3, 0.4) is 0 Å². The van der Waals surface area contributed by atoms with Gasteiger partial charge in [0, 0.05) is 19.8 Å². The summed E-state index contributed by atoms with van der Waals surface area (Å²) in [6.45, 7) is 0.840. The first-order chi connectivity index (χ1) is 10.0. The van der Waals surface area contributed by atoms with Gasteiger partial charge in [-0.2, -0.15) is 0 Å². The van der Waals surface area contributed by atoms with Gasteiger partial charge in [0.05, 0.1) is 16.8 Å². The number of ether oxygens (including phenoxy) is 1. The van der Waals surface area contributed by atoms with E-state index in [1.807, 2.05) is 0 Å². The molecule has 1 saturated heterocycles. The third-order valence-electron chi connectivity index (χ3n) is 3.70. The Kier molecular flexibility index (Phi) is 4.64. The van der Waals surface area contributed by atoms with Crippen molar-refractivity contribution in [2.45, 2.75) is 12.8 Å². The lowest BCUT2D eigenvalue weighted by molar-refractivity contribution is -0.154. The van der Waals surface area contributed by atoms with Crippen molar-refractivity contribution in [1.29, 1.82) is 0 Å². The van der Waals surface area contributed by atoms with Crippen LogP contribution < -0.4 is 16.4 Å². The number of carboxylic acid groups (broad SMARTS) is 1. The van der Waals surface area contributed by atoms with Crippen LogP contribution >= 0.6 is 0 Å². The van der Waals surface area contributed by atoms with Crippen LogP contribution in [0.15, 0.2) is 24.3 Å².